The lowest BCUT2D eigenvalue weighted by atomic mass is 10.2. The van der Waals surface area contributed by atoms with Crippen LogP contribution < -0.4 is 16.7 Å². The van der Waals surface area contributed by atoms with E-state index in [-0.39, 0.29) is 16.7 Å². The van der Waals surface area contributed by atoms with Gasteiger partial charge in [-0.3, -0.25) is 19.1 Å². The molecule has 0 unspecified atom stereocenters. The molecule has 1 amide bonds. The van der Waals surface area contributed by atoms with E-state index in [4.69, 9.17) is 0 Å². The zero-order chi connectivity index (χ0) is 17.7. The number of aromatic nitrogens is 4. The number of aryl methyl sites for hydroxylation is 1. The van der Waals surface area contributed by atoms with Crippen LogP contribution in [0.25, 0.3) is 0 Å². The third kappa shape index (κ3) is 4.16. The highest BCUT2D eigenvalue weighted by molar-refractivity contribution is 7.99. The van der Waals surface area contributed by atoms with Gasteiger partial charge in [-0.1, -0.05) is 11.8 Å². The predicted molar refractivity (Wildman–Crippen MR) is 90.0 cm³/mol. The second-order valence-electron chi connectivity index (χ2n) is 4.83. The molecule has 0 aliphatic rings. The van der Waals surface area contributed by atoms with Crippen molar-refractivity contribution in [2.45, 2.75) is 11.9 Å². The number of hydrogen-bond donors (Lipinski definition) is 1. The van der Waals surface area contributed by atoms with Crippen LogP contribution in [0, 0.1) is 0 Å². The fourth-order valence-corrected chi connectivity index (χ4v) is 2.50. The third-order valence-corrected chi connectivity index (χ3v) is 4.01. The third-order valence-electron chi connectivity index (χ3n) is 3.08. The fraction of sp³-hybridized carbons (Fsp3) is 0.286. The van der Waals surface area contributed by atoms with Crippen molar-refractivity contribution >= 4 is 23.4 Å². The molecule has 0 aromatic carbocycles. The predicted octanol–water partition coefficient (Wildman–Crippen LogP) is -0.493. The Labute approximate surface area is 141 Å². The van der Waals surface area contributed by atoms with Gasteiger partial charge in [0.25, 0.3) is 5.56 Å². The second-order valence-corrected chi connectivity index (χ2v) is 5.80. The standard InChI is InChI=1S/C14H16N6O3S/c1-9(10-4-6-15-7-5-10)16-17-11(21)8-24-12-13(22)19(2)14(23)20(3)18-12/h4-7H,8H2,1-3H3,(H,17,21)/b16-9-. The van der Waals surface area contributed by atoms with Gasteiger partial charge >= 0.3 is 5.69 Å². The molecule has 0 spiro atoms. The molecule has 2 rings (SSSR count). The summed E-state index contributed by atoms with van der Waals surface area (Å²) in [6.07, 6.45) is 3.26. The number of amides is 1. The molecule has 2 aromatic heterocycles. The highest BCUT2D eigenvalue weighted by Crippen LogP contribution is 2.08. The number of carbonyl (C=O) groups is 1. The van der Waals surface area contributed by atoms with Crippen molar-refractivity contribution in [3.8, 4) is 0 Å². The van der Waals surface area contributed by atoms with Crippen LogP contribution in [0.3, 0.4) is 0 Å². The fourth-order valence-electron chi connectivity index (χ4n) is 1.73. The summed E-state index contributed by atoms with van der Waals surface area (Å²) in [5.41, 5.74) is 2.83. The maximum atomic E-state index is 11.9. The van der Waals surface area contributed by atoms with E-state index in [1.165, 1.54) is 14.1 Å². The van der Waals surface area contributed by atoms with Crippen molar-refractivity contribution in [2.75, 3.05) is 5.75 Å². The van der Waals surface area contributed by atoms with Crippen molar-refractivity contribution in [1.29, 1.82) is 0 Å². The molecule has 0 aliphatic carbocycles. The Morgan fingerprint density at radius 2 is 1.96 bits per heavy atom. The van der Waals surface area contributed by atoms with Crippen molar-refractivity contribution in [3.05, 3.63) is 50.9 Å². The van der Waals surface area contributed by atoms with E-state index in [0.717, 1.165) is 26.6 Å². The minimum atomic E-state index is -0.535. The molecule has 9 nitrogen and oxygen atoms in total. The summed E-state index contributed by atoms with van der Waals surface area (Å²) < 4.78 is 1.99. The molecule has 0 fully saturated rings. The largest absolute Gasteiger partial charge is 0.346 e. The van der Waals surface area contributed by atoms with E-state index < -0.39 is 11.2 Å². The first-order valence-corrected chi connectivity index (χ1v) is 7.89. The van der Waals surface area contributed by atoms with Gasteiger partial charge in [-0.05, 0) is 19.1 Å². The molecule has 0 atom stereocenters. The van der Waals surface area contributed by atoms with Crippen molar-refractivity contribution in [1.82, 2.24) is 24.8 Å². The molecule has 2 heterocycles. The van der Waals surface area contributed by atoms with Crippen molar-refractivity contribution < 1.29 is 4.79 Å². The lowest BCUT2D eigenvalue weighted by Gasteiger charge is -2.05. The maximum Gasteiger partial charge on any atom is 0.346 e. The smallest absolute Gasteiger partial charge is 0.272 e. The first-order chi connectivity index (χ1) is 11.4. The van der Waals surface area contributed by atoms with Crippen molar-refractivity contribution in [2.24, 2.45) is 19.2 Å². The summed E-state index contributed by atoms with van der Waals surface area (Å²) in [4.78, 5) is 39.2. The topological polar surface area (TPSA) is 111 Å². The number of nitrogens with zero attached hydrogens (tertiary/aromatic N) is 5. The van der Waals surface area contributed by atoms with Gasteiger partial charge in [0.2, 0.25) is 5.91 Å². The number of pyridine rings is 1. The zero-order valence-electron chi connectivity index (χ0n) is 13.4. The lowest BCUT2D eigenvalue weighted by Crippen LogP contribution is -2.39. The summed E-state index contributed by atoms with van der Waals surface area (Å²) in [6, 6.07) is 3.55. The first kappa shape index (κ1) is 17.6. The van der Waals surface area contributed by atoms with Gasteiger partial charge in [0.15, 0.2) is 5.03 Å². The lowest BCUT2D eigenvalue weighted by molar-refractivity contribution is -0.118. The summed E-state index contributed by atoms with van der Waals surface area (Å²) >= 11 is 0.944. The monoisotopic (exact) mass is 348 g/mol. The van der Waals surface area contributed by atoms with Crippen LogP contribution in [0.5, 0.6) is 0 Å². The van der Waals surface area contributed by atoms with Crippen LogP contribution in [0.4, 0.5) is 0 Å². The van der Waals surface area contributed by atoms with E-state index in [1.807, 2.05) is 0 Å². The second kappa shape index (κ2) is 7.68. The number of nitrogens with one attached hydrogen (secondary N) is 1. The molecule has 2 aromatic rings. The SMILES string of the molecule is C/C(=N/NC(=O)CSc1nn(C)c(=O)n(C)c1=O)c1ccncc1. The number of thioether (sulfide) groups is 1. The van der Waals surface area contributed by atoms with Crippen LogP contribution in [-0.2, 0) is 18.9 Å². The average Bonchev–Trinajstić information content (AvgIpc) is 2.60. The van der Waals surface area contributed by atoms with Crippen LogP contribution in [0.15, 0.2) is 44.2 Å². The highest BCUT2D eigenvalue weighted by atomic mass is 32.2. The van der Waals surface area contributed by atoms with Crippen LogP contribution in [0.2, 0.25) is 0 Å². The Morgan fingerprint density at radius 1 is 1.29 bits per heavy atom. The minimum absolute atomic E-state index is 0.0480. The normalized spacial score (nSPS) is 11.4. The molecule has 0 bridgehead atoms. The molecule has 0 saturated heterocycles. The molecule has 126 valence electrons. The number of carbonyl (C=O) groups excluding carboxylic acids is 1. The summed E-state index contributed by atoms with van der Waals surface area (Å²) in [6.45, 7) is 1.76. The van der Waals surface area contributed by atoms with Crippen LogP contribution in [0.1, 0.15) is 12.5 Å². The van der Waals surface area contributed by atoms with Gasteiger partial charge in [0, 0.05) is 32.1 Å². The van der Waals surface area contributed by atoms with Gasteiger partial charge < -0.3 is 0 Å². The molecular formula is C14H16N6O3S. The first-order valence-electron chi connectivity index (χ1n) is 6.91. The van der Waals surface area contributed by atoms with Crippen LogP contribution >= 0.6 is 11.8 Å². The maximum absolute atomic E-state index is 11.9. The number of hydrogen-bond acceptors (Lipinski definition) is 7. The van der Waals surface area contributed by atoms with Gasteiger partial charge in [-0.25, -0.2) is 14.9 Å². The van der Waals surface area contributed by atoms with Crippen molar-refractivity contribution in [3.63, 3.8) is 0 Å². The highest BCUT2D eigenvalue weighted by Gasteiger charge is 2.11. The Balaban J connectivity index is 2.00. The van der Waals surface area contributed by atoms with Gasteiger partial charge in [-0.15, -0.1) is 0 Å². The van der Waals surface area contributed by atoms with E-state index >= 15 is 0 Å². The van der Waals surface area contributed by atoms with E-state index in [0.29, 0.717) is 5.71 Å². The van der Waals surface area contributed by atoms with E-state index in [9.17, 15) is 14.4 Å². The van der Waals surface area contributed by atoms with Gasteiger partial charge in [-0.2, -0.15) is 10.2 Å². The zero-order valence-corrected chi connectivity index (χ0v) is 14.2. The Kier molecular flexibility index (Phi) is 5.64. The van der Waals surface area contributed by atoms with E-state index in [2.05, 4.69) is 20.6 Å². The summed E-state index contributed by atoms with van der Waals surface area (Å²) in [5.74, 6) is -0.431. The van der Waals surface area contributed by atoms with Crippen LogP contribution in [-0.4, -0.2) is 36.7 Å². The molecule has 0 saturated carbocycles. The molecule has 10 heteroatoms. The Hall–Kier alpha value is -2.75. The summed E-state index contributed by atoms with van der Waals surface area (Å²) in [5, 5.41) is 7.93. The Morgan fingerprint density at radius 3 is 2.62 bits per heavy atom. The minimum Gasteiger partial charge on any atom is -0.272 e. The quantitative estimate of drug-likeness (QED) is 0.443. The molecule has 24 heavy (non-hydrogen) atoms. The van der Waals surface area contributed by atoms with Gasteiger partial charge in [0.05, 0.1) is 11.5 Å². The number of rotatable bonds is 5. The average molecular weight is 348 g/mol. The molecular weight excluding hydrogens is 332 g/mol. The molecule has 0 aliphatic heterocycles. The number of hydrazone groups is 1. The Bertz CT molecular complexity index is 888. The molecule has 1 N–H and O–H groups in total. The van der Waals surface area contributed by atoms with Gasteiger partial charge in [0.1, 0.15) is 0 Å². The summed E-state index contributed by atoms with van der Waals surface area (Å²) in [7, 11) is 2.80. The molecule has 0 radical (unpaired) electrons. The van der Waals surface area contributed by atoms with E-state index in [1.54, 1.807) is 31.5 Å².